The van der Waals surface area contributed by atoms with E-state index in [1.165, 1.54) is 54.3 Å². The molecule has 0 saturated heterocycles. The summed E-state index contributed by atoms with van der Waals surface area (Å²) in [7, 11) is -2.80. The molecule has 0 amide bonds. The van der Waals surface area contributed by atoms with E-state index in [4.69, 9.17) is 21.4 Å². The molecule has 2 aromatic carbocycles. The first kappa shape index (κ1) is 23.1. The van der Waals surface area contributed by atoms with Crippen LogP contribution in [0.25, 0.3) is 6.08 Å². The van der Waals surface area contributed by atoms with Crippen LogP contribution in [-0.4, -0.2) is 31.2 Å². The number of nitrogens with one attached hydrogen (secondary N) is 1. The first-order valence-electron chi connectivity index (χ1n) is 9.25. The number of rotatable bonds is 8. The van der Waals surface area contributed by atoms with E-state index < -0.39 is 16.0 Å². The van der Waals surface area contributed by atoms with E-state index >= 15 is 0 Å². The van der Waals surface area contributed by atoms with Gasteiger partial charge in [0, 0.05) is 23.4 Å². The number of aromatic nitrogens is 1. The molecule has 3 aromatic rings. The highest BCUT2D eigenvalue weighted by atomic mass is 35.5. The second-order valence-corrected chi connectivity index (χ2v) is 8.72. The van der Waals surface area contributed by atoms with Gasteiger partial charge in [0.2, 0.25) is 0 Å². The lowest BCUT2D eigenvalue weighted by Gasteiger charge is -2.14. The lowest BCUT2D eigenvalue weighted by molar-refractivity contribution is -0.131. The van der Waals surface area contributed by atoms with Gasteiger partial charge in [-0.3, -0.25) is 9.52 Å². The van der Waals surface area contributed by atoms with Crippen LogP contribution < -0.4 is 15.0 Å². The van der Waals surface area contributed by atoms with Gasteiger partial charge in [-0.25, -0.2) is 13.2 Å². The summed E-state index contributed by atoms with van der Waals surface area (Å²) in [6.45, 7) is 0.160. The topological polar surface area (TPSA) is 115 Å². The lowest BCUT2D eigenvalue weighted by Crippen LogP contribution is -2.21. The highest BCUT2D eigenvalue weighted by Gasteiger charge is 2.20. The third-order valence-electron chi connectivity index (χ3n) is 4.43. The smallest absolute Gasteiger partial charge is 0.328 e. The van der Waals surface area contributed by atoms with Crippen molar-refractivity contribution >= 4 is 39.4 Å². The maximum atomic E-state index is 13.0. The van der Waals surface area contributed by atoms with Gasteiger partial charge in [-0.2, -0.15) is 0 Å². The number of hydrogen-bond donors (Lipinski definition) is 2. The van der Waals surface area contributed by atoms with E-state index in [1.807, 2.05) is 0 Å². The van der Waals surface area contributed by atoms with Crippen molar-refractivity contribution in [3.63, 3.8) is 0 Å². The van der Waals surface area contributed by atoms with Crippen LogP contribution >= 0.6 is 11.6 Å². The Bertz CT molecular complexity index is 1350. The Hall–Kier alpha value is -3.56. The number of hydrogen-bond acceptors (Lipinski definition) is 5. The van der Waals surface area contributed by atoms with Gasteiger partial charge in [-0.1, -0.05) is 35.9 Å². The number of methoxy groups -OCH3 is 1. The predicted octanol–water partition coefficient (Wildman–Crippen LogP) is 3.46. The number of halogens is 1. The molecule has 1 aromatic heterocycles. The SMILES string of the molecule is COc1ccc(/C=C/C(=O)O)cc1S(=O)(=O)Nc1ccc(=O)n(Cc2ccccc2Cl)c1. The van der Waals surface area contributed by atoms with Crippen molar-refractivity contribution in [3.8, 4) is 5.75 Å². The molecule has 0 fully saturated rings. The Morgan fingerprint density at radius 1 is 1.19 bits per heavy atom. The zero-order chi connectivity index (χ0) is 23.3. The molecule has 0 aliphatic carbocycles. The quantitative estimate of drug-likeness (QED) is 0.483. The number of carboxylic acids is 1. The Morgan fingerprint density at radius 3 is 2.62 bits per heavy atom. The average Bonchev–Trinajstić information content (AvgIpc) is 2.75. The highest BCUT2D eigenvalue weighted by Crippen LogP contribution is 2.27. The van der Waals surface area contributed by atoms with E-state index in [0.29, 0.717) is 16.1 Å². The zero-order valence-corrected chi connectivity index (χ0v) is 18.4. The number of benzene rings is 2. The minimum absolute atomic E-state index is 0.0781. The van der Waals surface area contributed by atoms with E-state index in [-0.39, 0.29) is 28.4 Å². The molecule has 0 bridgehead atoms. The average molecular weight is 475 g/mol. The number of nitrogens with zero attached hydrogens (tertiary/aromatic N) is 1. The monoisotopic (exact) mass is 474 g/mol. The molecule has 0 radical (unpaired) electrons. The van der Waals surface area contributed by atoms with Crippen LogP contribution in [0.1, 0.15) is 11.1 Å². The van der Waals surface area contributed by atoms with E-state index in [9.17, 15) is 18.0 Å². The van der Waals surface area contributed by atoms with Crippen LogP contribution in [0.2, 0.25) is 5.02 Å². The Morgan fingerprint density at radius 2 is 1.94 bits per heavy atom. The maximum absolute atomic E-state index is 13.0. The largest absolute Gasteiger partial charge is 0.495 e. The minimum atomic E-state index is -4.13. The zero-order valence-electron chi connectivity index (χ0n) is 16.9. The molecule has 0 spiro atoms. The predicted molar refractivity (Wildman–Crippen MR) is 122 cm³/mol. The van der Waals surface area contributed by atoms with Gasteiger partial charge in [-0.05, 0) is 41.5 Å². The third-order valence-corrected chi connectivity index (χ3v) is 6.20. The van der Waals surface area contributed by atoms with Gasteiger partial charge in [0.15, 0.2) is 0 Å². The molecule has 2 N–H and O–H groups in total. The van der Waals surface area contributed by atoms with Gasteiger partial charge in [0.25, 0.3) is 15.6 Å². The van der Waals surface area contributed by atoms with Crippen molar-refractivity contribution in [1.82, 2.24) is 4.57 Å². The van der Waals surface area contributed by atoms with Crippen LogP contribution in [-0.2, 0) is 21.4 Å². The van der Waals surface area contributed by atoms with Gasteiger partial charge in [0.05, 0.1) is 19.3 Å². The molecule has 1 heterocycles. The second kappa shape index (κ2) is 9.71. The molecule has 166 valence electrons. The summed E-state index contributed by atoms with van der Waals surface area (Å²) in [5.74, 6) is -1.08. The first-order valence-corrected chi connectivity index (χ1v) is 11.1. The van der Waals surface area contributed by atoms with Crippen LogP contribution in [0, 0.1) is 0 Å². The first-order chi connectivity index (χ1) is 15.2. The van der Waals surface area contributed by atoms with E-state index in [2.05, 4.69) is 4.72 Å². The summed E-state index contributed by atoms with van der Waals surface area (Å²) in [5, 5.41) is 9.28. The summed E-state index contributed by atoms with van der Waals surface area (Å²) in [6, 6.07) is 13.9. The minimum Gasteiger partial charge on any atom is -0.495 e. The van der Waals surface area contributed by atoms with Crippen molar-refractivity contribution in [1.29, 1.82) is 0 Å². The Kier molecular flexibility index (Phi) is 7.01. The number of sulfonamides is 1. The standard InChI is InChI=1S/C22H19ClN2O6S/c1-31-19-9-6-15(7-11-22(27)28)12-20(19)32(29,30)24-17-8-10-21(26)25(14-17)13-16-4-2-3-5-18(16)23/h2-12,14,24H,13H2,1H3,(H,27,28)/b11-7+. The fourth-order valence-corrected chi connectivity index (χ4v) is 4.35. The van der Waals surface area contributed by atoms with Gasteiger partial charge < -0.3 is 14.4 Å². The Labute approximate surface area is 189 Å². The molecule has 0 aliphatic heterocycles. The molecule has 0 unspecified atom stereocenters. The molecule has 3 rings (SSSR count). The summed E-state index contributed by atoms with van der Waals surface area (Å²) in [6.07, 6.45) is 3.55. The number of aliphatic carboxylic acids is 1. The van der Waals surface area contributed by atoms with Crippen LogP contribution in [0.3, 0.4) is 0 Å². The van der Waals surface area contributed by atoms with Crippen molar-refractivity contribution in [2.24, 2.45) is 0 Å². The second-order valence-electron chi connectivity index (χ2n) is 6.66. The van der Waals surface area contributed by atoms with Crippen LogP contribution in [0.15, 0.2) is 76.6 Å². The molecule has 8 nitrogen and oxygen atoms in total. The molecule has 0 saturated carbocycles. The molecular weight excluding hydrogens is 456 g/mol. The van der Waals surface area contributed by atoms with Crippen LogP contribution in [0.4, 0.5) is 5.69 Å². The van der Waals surface area contributed by atoms with Gasteiger partial charge >= 0.3 is 5.97 Å². The summed E-state index contributed by atoms with van der Waals surface area (Å²) < 4.78 is 35.0. The van der Waals surface area contributed by atoms with Gasteiger partial charge in [0.1, 0.15) is 10.6 Å². The highest BCUT2D eigenvalue weighted by molar-refractivity contribution is 7.92. The summed E-state index contributed by atoms with van der Waals surface area (Å²) in [4.78, 5) is 22.8. The number of carbonyl (C=O) groups is 1. The fraction of sp³-hybridized carbons (Fsp3) is 0.0909. The Balaban J connectivity index is 1.94. The number of pyridine rings is 1. The lowest BCUT2D eigenvalue weighted by atomic mass is 10.2. The number of anilines is 1. The molecule has 10 heteroatoms. The molecular formula is C22H19ClN2O6S. The maximum Gasteiger partial charge on any atom is 0.328 e. The van der Waals surface area contributed by atoms with Crippen molar-refractivity contribution in [3.05, 3.63) is 93.4 Å². The third kappa shape index (κ3) is 5.57. The van der Waals surface area contributed by atoms with Crippen molar-refractivity contribution < 1.29 is 23.1 Å². The number of carboxylic acid groups (broad SMARTS) is 1. The van der Waals surface area contributed by atoms with Gasteiger partial charge in [-0.15, -0.1) is 0 Å². The summed E-state index contributed by atoms with van der Waals surface area (Å²) >= 11 is 6.16. The van der Waals surface area contributed by atoms with E-state index in [0.717, 1.165) is 6.08 Å². The number of ether oxygens (including phenoxy) is 1. The molecule has 32 heavy (non-hydrogen) atoms. The normalized spacial score (nSPS) is 11.4. The summed E-state index contributed by atoms with van der Waals surface area (Å²) in [5.41, 5.74) is 0.893. The van der Waals surface area contributed by atoms with Crippen molar-refractivity contribution in [2.75, 3.05) is 11.8 Å². The fourth-order valence-electron chi connectivity index (χ4n) is 2.91. The molecule has 0 atom stereocenters. The van der Waals surface area contributed by atoms with Crippen LogP contribution in [0.5, 0.6) is 5.75 Å². The molecule has 0 aliphatic rings. The van der Waals surface area contributed by atoms with E-state index in [1.54, 1.807) is 24.3 Å². The van der Waals surface area contributed by atoms with Crippen molar-refractivity contribution in [2.45, 2.75) is 11.4 Å².